The van der Waals surface area contributed by atoms with Gasteiger partial charge in [0.1, 0.15) is 0 Å². The highest BCUT2D eigenvalue weighted by Gasteiger charge is 2.28. The van der Waals surface area contributed by atoms with Crippen LogP contribution in [0.4, 0.5) is 5.69 Å². The molecule has 1 fully saturated rings. The Morgan fingerprint density at radius 3 is 3.12 bits per heavy atom. The maximum absolute atomic E-state index is 5.90. The number of halogens is 1. The van der Waals surface area contributed by atoms with E-state index in [1.165, 1.54) is 18.5 Å². The van der Waals surface area contributed by atoms with E-state index in [1.807, 2.05) is 12.4 Å². The molecular weight excluding hydrogens is 266 g/mol. The SMILES string of the molecule is CC1CCCN(c2ccncc2Br)C1CN. The molecule has 0 amide bonds. The van der Waals surface area contributed by atoms with Gasteiger partial charge in [0.25, 0.3) is 0 Å². The van der Waals surface area contributed by atoms with Crippen molar-refractivity contribution in [1.82, 2.24) is 4.98 Å². The van der Waals surface area contributed by atoms with Gasteiger partial charge in [-0.1, -0.05) is 6.92 Å². The van der Waals surface area contributed by atoms with Crippen LogP contribution < -0.4 is 10.6 Å². The van der Waals surface area contributed by atoms with Gasteiger partial charge in [0.15, 0.2) is 0 Å². The molecule has 2 atom stereocenters. The van der Waals surface area contributed by atoms with E-state index in [4.69, 9.17) is 5.73 Å². The summed E-state index contributed by atoms with van der Waals surface area (Å²) in [5.41, 5.74) is 7.12. The van der Waals surface area contributed by atoms with Crippen molar-refractivity contribution >= 4 is 21.6 Å². The number of hydrogen-bond donors (Lipinski definition) is 1. The average molecular weight is 284 g/mol. The standard InChI is InChI=1S/C12H18BrN3/c1-9-3-2-6-16(12(9)7-14)11-4-5-15-8-10(11)13/h4-5,8-9,12H,2-3,6-7,14H2,1H3. The molecule has 1 aromatic rings. The first kappa shape index (κ1) is 11.9. The molecule has 3 nitrogen and oxygen atoms in total. The Bertz CT molecular complexity index is 356. The molecule has 2 unspecified atom stereocenters. The Morgan fingerprint density at radius 2 is 2.44 bits per heavy atom. The Kier molecular flexibility index (Phi) is 3.82. The van der Waals surface area contributed by atoms with E-state index in [2.05, 4.69) is 38.8 Å². The number of nitrogens with two attached hydrogens (primary N) is 1. The smallest absolute Gasteiger partial charge is 0.0592 e. The fourth-order valence-corrected chi connectivity index (χ4v) is 2.99. The van der Waals surface area contributed by atoms with Crippen molar-refractivity contribution in [3.8, 4) is 0 Å². The lowest BCUT2D eigenvalue weighted by molar-refractivity contribution is 0.349. The lowest BCUT2D eigenvalue weighted by Crippen LogP contribution is -2.48. The first-order chi connectivity index (χ1) is 7.74. The number of piperidine rings is 1. The lowest BCUT2D eigenvalue weighted by atomic mass is 9.90. The Balaban J connectivity index is 2.28. The normalized spacial score (nSPS) is 25.8. The van der Waals surface area contributed by atoms with Crippen molar-refractivity contribution in [2.45, 2.75) is 25.8 Å². The molecule has 0 aromatic carbocycles. The van der Waals surface area contributed by atoms with Crippen LogP contribution in [0.1, 0.15) is 19.8 Å². The zero-order valence-electron chi connectivity index (χ0n) is 9.56. The molecular formula is C12H18BrN3. The molecule has 4 heteroatoms. The van der Waals surface area contributed by atoms with Crippen LogP contribution in [0.3, 0.4) is 0 Å². The third-order valence-corrected chi connectivity index (χ3v) is 4.03. The molecule has 1 aliphatic heterocycles. The van der Waals surface area contributed by atoms with E-state index in [1.54, 1.807) is 0 Å². The number of anilines is 1. The van der Waals surface area contributed by atoms with Crippen LogP contribution >= 0.6 is 15.9 Å². The summed E-state index contributed by atoms with van der Waals surface area (Å²) in [6, 6.07) is 2.51. The predicted molar refractivity (Wildman–Crippen MR) is 70.5 cm³/mol. The molecule has 0 spiro atoms. The predicted octanol–water partition coefficient (Wildman–Crippen LogP) is 2.41. The molecule has 2 N–H and O–H groups in total. The van der Waals surface area contributed by atoms with Gasteiger partial charge in [0.05, 0.1) is 10.2 Å². The minimum atomic E-state index is 0.451. The Hall–Kier alpha value is -0.610. The maximum Gasteiger partial charge on any atom is 0.0592 e. The summed E-state index contributed by atoms with van der Waals surface area (Å²) in [6.07, 6.45) is 6.21. The molecule has 1 aliphatic rings. The van der Waals surface area contributed by atoms with Gasteiger partial charge in [0.2, 0.25) is 0 Å². The van der Waals surface area contributed by atoms with Gasteiger partial charge in [-0.25, -0.2) is 0 Å². The number of rotatable bonds is 2. The Morgan fingerprint density at radius 1 is 1.62 bits per heavy atom. The highest BCUT2D eigenvalue weighted by Crippen LogP contribution is 2.32. The quantitative estimate of drug-likeness (QED) is 0.906. The summed E-state index contributed by atoms with van der Waals surface area (Å²) in [4.78, 5) is 6.52. The van der Waals surface area contributed by atoms with E-state index in [-0.39, 0.29) is 0 Å². The van der Waals surface area contributed by atoms with Crippen molar-refractivity contribution in [2.24, 2.45) is 11.7 Å². The molecule has 2 heterocycles. The molecule has 1 aromatic heterocycles. The van der Waals surface area contributed by atoms with Crippen molar-refractivity contribution in [3.05, 3.63) is 22.9 Å². The first-order valence-corrected chi connectivity index (χ1v) is 6.59. The number of hydrogen-bond acceptors (Lipinski definition) is 3. The van der Waals surface area contributed by atoms with Crippen LogP contribution in [0.25, 0.3) is 0 Å². The summed E-state index contributed by atoms with van der Waals surface area (Å²) in [6.45, 7) is 4.10. The van der Waals surface area contributed by atoms with E-state index in [0.29, 0.717) is 12.0 Å². The van der Waals surface area contributed by atoms with Crippen molar-refractivity contribution in [1.29, 1.82) is 0 Å². The zero-order valence-corrected chi connectivity index (χ0v) is 11.2. The lowest BCUT2D eigenvalue weighted by Gasteiger charge is -2.41. The van der Waals surface area contributed by atoms with E-state index in [0.717, 1.165) is 17.6 Å². The third-order valence-electron chi connectivity index (χ3n) is 3.42. The van der Waals surface area contributed by atoms with Crippen LogP contribution in [0.15, 0.2) is 22.9 Å². The first-order valence-electron chi connectivity index (χ1n) is 5.80. The van der Waals surface area contributed by atoms with Gasteiger partial charge in [-0.2, -0.15) is 0 Å². The van der Waals surface area contributed by atoms with Crippen molar-refractivity contribution in [3.63, 3.8) is 0 Å². The van der Waals surface area contributed by atoms with Gasteiger partial charge in [0, 0.05) is 31.5 Å². The summed E-state index contributed by atoms with van der Waals surface area (Å²) in [7, 11) is 0. The summed E-state index contributed by atoms with van der Waals surface area (Å²) in [5.74, 6) is 0.666. The van der Waals surface area contributed by atoms with Crippen LogP contribution in [0.5, 0.6) is 0 Å². The van der Waals surface area contributed by atoms with Crippen molar-refractivity contribution in [2.75, 3.05) is 18.0 Å². The van der Waals surface area contributed by atoms with E-state index < -0.39 is 0 Å². The van der Waals surface area contributed by atoms with Gasteiger partial charge >= 0.3 is 0 Å². The van der Waals surface area contributed by atoms with Gasteiger partial charge < -0.3 is 10.6 Å². The molecule has 0 aliphatic carbocycles. The highest BCUT2D eigenvalue weighted by molar-refractivity contribution is 9.10. The molecule has 16 heavy (non-hydrogen) atoms. The second kappa shape index (κ2) is 5.15. The highest BCUT2D eigenvalue weighted by atomic mass is 79.9. The molecule has 1 saturated heterocycles. The second-order valence-electron chi connectivity index (χ2n) is 4.44. The van der Waals surface area contributed by atoms with Crippen LogP contribution in [-0.4, -0.2) is 24.1 Å². The number of nitrogens with zero attached hydrogens (tertiary/aromatic N) is 2. The summed E-state index contributed by atoms with van der Waals surface area (Å²) in [5, 5.41) is 0. The maximum atomic E-state index is 5.90. The largest absolute Gasteiger partial charge is 0.366 e. The molecule has 0 radical (unpaired) electrons. The number of pyridine rings is 1. The van der Waals surface area contributed by atoms with Gasteiger partial charge in [-0.05, 0) is 40.8 Å². The molecule has 0 saturated carbocycles. The van der Waals surface area contributed by atoms with Gasteiger partial charge in [-0.3, -0.25) is 4.98 Å². The average Bonchev–Trinajstić information content (AvgIpc) is 2.29. The Labute approximate surface area is 105 Å². The van der Waals surface area contributed by atoms with Gasteiger partial charge in [-0.15, -0.1) is 0 Å². The molecule has 0 bridgehead atoms. The number of aromatic nitrogens is 1. The van der Waals surface area contributed by atoms with E-state index in [9.17, 15) is 0 Å². The summed E-state index contributed by atoms with van der Waals surface area (Å²) < 4.78 is 1.06. The van der Waals surface area contributed by atoms with Crippen molar-refractivity contribution < 1.29 is 0 Å². The minimum Gasteiger partial charge on any atom is -0.366 e. The van der Waals surface area contributed by atoms with Crippen LogP contribution in [0.2, 0.25) is 0 Å². The topological polar surface area (TPSA) is 42.2 Å². The molecule has 2 rings (SSSR count). The fraction of sp³-hybridized carbons (Fsp3) is 0.583. The second-order valence-corrected chi connectivity index (χ2v) is 5.30. The summed E-state index contributed by atoms with van der Waals surface area (Å²) >= 11 is 3.56. The van der Waals surface area contributed by atoms with Crippen LogP contribution in [0, 0.1) is 5.92 Å². The monoisotopic (exact) mass is 283 g/mol. The molecule has 88 valence electrons. The minimum absolute atomic E-state index is 0.451. The zero-order chi connectivity index (χ0) is 11.5. The van der Waals surface area contributed by atoms with Crippen LogP contribution in [-0.2, 0) is 0 Å². The fourth-order valence-electron chi connectivity index (χ4n) is 2.51. The van der Waals surface area contributed by atoms with E-state index >= 15 is 0 Å². The third kappa shape index (κ3) is 2.23.